The van der Waals surface area contributed by atoms with E-state index in [2.05, 4.69) is 5.32 Å². The van der Waals surface area contributed by atoms with E-state index >= 15 is 0 Å². The van der Waals surface area contributed by atoms with E-state index in [0.29, 0.717) is 23.8 Å². The van der Waals surface area contributed by atoms with Crippen molar-refractivity contribution in [3.05, 3.63) is 64.4 Å². The summed E-state index contributed by atoms with van der Waals surface area (Å²) in [6, 6.07) is 13.8. The molecule has 8 heteroatoms. The van der Waals surface area contributed by atoms with Gasteiger partial charge in [-0.15, -0.1) is 11.3 Å². The Bertz CT molecular complexity index is 1190. The SMILES string of the molecule is CCOc1cc(C2CC(=O)Nc3c(S(=O)(=O)c4ccccc4)csc32)ccc1OC. The van der Waals surface area contributed by atoms with E-state index in [1.54, 1.807) is 42.8 Å². The number of ether oxygens (including phenoxy) is 2. The first kappa shape index (κ1) is 20.4. The minimum Gasteiger partial charge on any atom is -0.493 e. The number of sulfone groups is 1. The van der Waals surface area contributed by atoms with Crippen LogP contribution < -0.4 is 14.8 Å². The van der Waals surface area contributed by atoms with Crippen LogP contribution in [0.3, 0.4) is 0 Å². The first-order chi connectivity index (χ1) is 14.5. The molecule has 2 aromatic carbocycles. The van der Waals surface area contributed by atoms with E-state index in [4.69, 9.17) is 9.47 Å². The third-order valence-electron chi connectivity index (χ3n) is 4.99. The number of rotatable bonds is 6. The van der Waals surface area contributed by atoms with Crippen molar-refractivity contribution in [2.45, 2.75) is 29.1 Å². The lowest BCUT2D eigenvalue weighted by atomic mass is 9.90. The summed E-state index contributed by atoms with van der Waals surface area (Å²) in [6.07, 6.45) is 0.232. The van der Waals surface area contributed by atoms with Gasteiger partial charge in [-0.25, -0.2) is 8.42 Å². The zero-order valence-electron chi connectivity index (χ0n) is 16.5. The lowest BCUT2D eigenvalue weighted by Crippen LogP contribution is -2.23. The van der Waals surface area contributed by atoms with Gasteiger partial charge in [-0.2, -0.15) is 0 Å². The van der Waals surface area contributed by atoms with Gasteiger partial charge in [0.2, 0.25) is 15.7 Å². The van der Waals surface area contributed by atoms with Gasteiger partial charge in [0.1, 0.15) is 4.90 Å². The van der Waals surface area contributed by atoms with Gasteiger partial charge in [-0.05, 0) is 36.8 Å². The fourth-order valence-corrected chi connectivity index (χ4v) is 6.51. The van der Waals surface area contributed by atoms with E-state index in [-0.39, 0.29) is 28.0 Å². The van der Waals surface area contributed by atoms with Crippen LogP contribution in [0.4, 0.5) is 5.69 Å². The van der Waals surface area contributed by atoms with Crippen LogP contribution in [-0.2, 0) is 14.6 Å². The van der Waals surface area contributed by atoms with Crippen LogP contribution in [-0.4, -0.2) is 28.0 Å². The maximum Gasteiger partial charge on any atom is 0.225 e. The molecular weight excluding hydrogens is 422 g/mol. The summed E-state index contributed by atoms with van der Waals surface area (Å²) in [7, 11) is -2.17. The fourth-order valence-electron chi connectivity index (χ4n) is 3.58. The second kappa shape index (κ2) is 8.12. The highest BCUT2D eigenvalue weighted by molar-refractivity contribution is 7.91. The number of thiophene rings is 1. The molecule has 30 heavy (non-hydrogen) atoms. The molecule has 0 spiro atoms. The molecule has 0 saturated carbocycles. The summed E-state index contributed by atoms with van der Waals surface area (Å²) in [4.78, 5) is 13.6. The molecule has 2 heterocycles. The molecule has 1 atom stereocenters. The van der Waals surface area contributed by atoms with Gasteiger partial charge in [0.25, 0.3) is 0 Å². The number of anilines is 1. The number of carbonyl (C=O) groups is 1. The Morgan fingerprint density at radius 2 is 1.90 bits per heavy atom. The number of nitrogens with one attached hydrogen (secondary N) is 1. The van der Waals surface area contributed by atoms with E-state index in [1.807, 2.05) is 25.1 Å². The molecule has 0 saturated heterocycles. The lowest BCUT2D eigenvalue weighted by Gasteiger charge is -2.24. The summed E-state index contributed by atoms with van der Waals surface area (Å²) in [6.45, 7) is 2.37. The first-order valence-corrected chi connectivity index (χ1v) is 11.8. The van der Waals surface area contributed by atoms with Gasteiger partial charge in [0, 0.05) is 22.6 Å². The minimum atomic E-state index is -3.74. The third kappa shape index (κ3) is 3.57. The second-order valence-electron chi connectivity index (χ2n) is 6.80. The highest BCUT2D eigenvalue weighted by atomic mass is 32.2. The predicted octanol–water partition coefficient (Wildman–Crippen LogP) is 4.46. The number of carbonyl (C=O) groups excluding carboxylic acids is 1. The van der Waals surface area contributed by atoms with E-state index in [9.17, 15) is 13.2 Å². The molecular formula is C22H21NO5S2. The van der Waals surface area contributed by atoms with E-state index in [1.165, 1.54) is 11.3 Å². The number of fused-ring (bicyclic) bond motifs is 1. The van der Waals surface area contributed by atoms with E-state index < -0.39 is 9.84 Å². The van der Waals surface area contributed by atoms with Crippen LogP contribution in [0.2, 0.25) is 0 Å². The van der Waals surface area contributed by atoms with Gasteiger partial charge in [0.15, 0.2) is 11.5 Å². The van der Waals surface area contributed by atoms with Gasteiger partial charge >= 0.3 is 0 Å². The summed E-state index contributed by atoms with van der Waals surface area (Å²) in [5.41, 5.74) is 1.25. The molecule has 1 unspecified atom stereocenters. The molecule has 4 rings (SSSR count). The highest BCUT2D eigenvalue weighted by Gasteiger charge is 2.34. The molecule has 1 aromatic heterocycles. The van der Waals surface area contributed by atoms with Crippen LogP contribution in [0.5, 0.6) is 11.5 Å². The maximum absolute atomic E-state index is 13.2. The smallest absolute Gasteiger partial charge is 0.225 e. The van der Waals surface area contributed by atoms with Gasteiger partial charge in [0.05, 0.1) is 24.3 Å². The van der Waals surface area contributed by atoms with E-state index in [0.717, 1.165) is 10.4 Å². The Morgan fingerprint density at radius 1 is 1.13 bits per heavy atom. The Morgan fingerprint density at radius 3 is 2.60 bits per heavy atom. The van der Waals surface area contributed by atoms with Gasteiger partial charge in [-0.1, -0.05) is 24.3 Å². The molecule has 1 aliphatic rings. The number of hydrogen-bond donors (Lipinski definition) is 1. The average molecular weight is 444 g/mol. The number of benzene rings is 2. The van der Waals surface area contributed by atoms with Crippen molar-refractivity contribution in [2.75, 3.05) is 19.0 Å². The number of amides is 1. The van der Waals surface area contributed by atoms with Crippen molar-refractivity contribution in [3.63, 3.8) is 0 Å². The summed E-state index contributed by atoms with van der Waals surface area (Å²) in [5.74, 6) is 0.728. The number of methoxy groups -OCH3 is 1. The van der Waals surface area contributed by atoms with Crippen LogP contribution in [0.15, 0.2) is 63.7 Å². The second-order valence-corrected chi connectivity index (χ2v) is 9.63. The molecule has 156 valence electrons. The maximum atomic E-state index is 13.2. The predicted molar refractivity (Wildman–Crippen MR) is 115 cm³/mol. The van der Waals surface area contributed by atoms with Crippen LogP contribution in [0, 0.1) is 0 Å². The summed E-state index contributed by atoms with van der Waals surface area (Å²) < 4.78 is 37.3. The Hall–Kier alpha value is -2.84. The molecule has 0 aliphatic carbocycles. The lowest BCUT2D eigenvalue weighted by molar-refractivity contribution is -0.116. The molecule has 3 aromatic rings. The van der Waals surface area contributed by atoms with Crippen molar-refractivity contribution in [3.8, 4) is 11.5 Å². The first-order valence-electron chi connectivity index (χ1n) is 9.47. The van der Waals surface area contributed by atoms with Gasteiger partial charge < -0.3 is 14.8 Å². The van der Waals surface area contributed by atoms with Crippen molar-refractivity contribution in [2.24, 2.45) is 0 Å². The topological polar surface area (TPSA) is 81.7 Å². The van der Waals surface area contributed by atoms with Crippen LogP contribution in [0.1, 0.15) is 29.7 Å². The normalized spacial score (nSPS) is 15.9. The fraction of sp³-hybridized carbons (Fsp3) is 0.227. The summed E-state index contributed by atoms with van der Waals surface area (Å²) >= 11 is 1.34. The Kier molecular flexibility index (Phi) is 5.53. The molecule has 1 N–H and O–H groups in total. The van der Waals surface area contributed by atoms with Gasteiger partial charge in [-0.3, -0.25) is 4.79 Å². The molecule has 6 nitrogen and oxygen atoms in total. The zero-order chi connectivity index (χ0) is 21.3. The molecule has 0 radical (unpaired) electrons. The summed E-state index contributed by atoms with van der Waals surface area (Å²) in [5, 5.41) is 4.39. The monoisotopic (exact) mass is 443 g/mol. The molecule has 1 aliphatic heterocycles. The zero-order valence-corrected chi connectivity index (χ0v) is 18.2. The Balaban J connectivity index is 1.80. The molecule has 0 fully saturated rings. The minimum absolute atomic E-state index is 0.130. The number of hydrogen-bond acceptors (Lipinski definition) is 6. The highest BCUT2D eigenvalue weighted by Crippen LogP contribution is 2.46. The van der Waals surface area contributed by atoms with Crippen LogP contribution >= 0.6 is 11.3 Å². The van der Waals surface area contributed by atoms with Crippen molar-refractivity contribution < 1.29 is 22.7 Å². The average Bonchev–Trinajstić information content (AvgIpc) is 3.18. The quantitative estimate of drug-likeness (QED) is 0.608. The largest absolute Gasteiger partial charge is 0.493 e. The molecule has 1 amide bonds. The Labute approximate surface area is 179 Å². The van der Waals surface area contributed by atoms with Crippen molar-refractivity contribution >= 4 is 32.8 Å². The molecule has 0 bridgehead atoms. The van der Waals surface area contributed by atoms with Crippen LogP contribution in [0.25, 0.3) is 0 Å². The van der Waals surface area contributed by atoms with Crippen molar-refractivity contribution in [1.29, 1.82) is 0 Å². The van der Waals surface area contributed by atoms with Crippen molar-refractivity contribution in [1.82, 2.24) is 0 Å². The standard InChI is InChI=1S/C22H21NO5S2/c1-3-28-18-11-14(9-10-17(18)27-2)16-12-20(24)23-21-19(13-29-22(16)21)30(25,26)15-7-5-4-6-8-15/h4-11,13,16H,3,12H2,1-2H3,(H,23,24). The third-order valence-corrected chi connectivity index (χ3v) is 8.03.